The normalized spacial score (nSPS) is 12.5. The first-order valence-electron chi connectivity index (χ1n) is 7.16. The summed E-state index contributed by atoms with van der Waals surface area (Å²) in [6, 6.07) is 8.52. The van der Waals surface area contributed by atoms with Gasteiger partial charge in [0.25, 0.3) is 0 Å². The van der Waals surface area contributed by atoms with Gasteiger partial charge in [0, 0.05) is 24.2 Å². The summed E-state index contributed by atoms with van der Waals surface area (Å²) >= 11 is 0. The highest BCUT2D eigenvalue weighted by atomic mass is 16.1. The minimum Gasteiger partial charge on any atom is -0.326 e. The van der Waals surface area contributed by atoms with E-state index >= 15 is 0 Å². The van der Waals surface area contributed by atoms with Crippen LogP contribution in [-0.4, -0.2) is 11.9 Å². The highest BCUT2D eigenvalue weighted by molar-refractivity contribution is 5.92. The third kappa shape index (κ3) is 5.88. The van der Waals surface area contributed by atoms with E-state index in [0.29, 0.717) is 6.04 Å². The lowest BCUT2D eigenvalue weighted by molar-refractivity contribution is -0.119. The van der Waals surface area contributed by atoms with Crippen molar-refractivity contribution in [3.05, 3.63) is 29.8 Å². The molecule has 106 valence electrons. The first-order valence-corrected chi connectivity index (χ1v) is 7.16. The van der Waals surface area contributed by atoms with Crippen molar-refractivity contribution in [1.29, 1.82) is 0 Å². The molecule has 0 aliphatic carbocycles. The fourth-order valence-electron chi connectivity index (χ4n) is 1.86. The van der Waals surface area contributed by atoms with Crippen LogP contribution in [0.2, 0.25) is 0 Å². The molecule has 3 nitrogen and oxygen atoms in total. The summed E-state index contributed by atoms with van der Waals surface area (Å²) in [6.07, 6.45) is 1.97. The fourth-order valence-corrected chi connectivity index (χ4v) is 1.86. The van der Waals surface area contributed by atoms with Crippen LogP contribution in [0.15, 0.2) is 24.3 Å². The van der Waals surface area contributed by atoms with E-state index in [-0.39, 0.29) is 11.8 Å². The van der Waals surface area contributed by atoms with Crippen molar-refractivity contribution >= 4 is 11.6 Å². The summed E-state index contributed by atoms with van der Waals surface area (Å²) < 4.78 is 0. The van der Waals surface area contributed by atoms with Crippen molar-refractivity contribution < 1.29 is 4.79 Å². The molecule has 1 aromatic carbocycles. The Balaban J connectivity index is 2.50. The summed E-state index contributed by atoms with van der Waals surface area (Å²) in [5, 5.41) is 6.33. The lowest BCUT2D eigenvalue weighted by Gasteiger charge is -2.12. The largest absolute Gasteiger partial charge is 0.326 e. The smallest absolute Gasteiger partial charge is 0.227 e. The second-order valence-electron chi connectivity index (χ2n) is 5.41. The molecule has 0 bridgehead atoms. The van der Waals surface area contributed by atoms with Gasteiger partial charge in [0.15, 0.2) is 0 Å². The quantitative estimate of drug-likeness (QED) is 0.789. The molecule has 1 amide bonds. The lowest BCUT2D eigenvalue weighted by atomic mass is 10.1. The number of carbonyl (C=O) groups is 1. The van der Waals surface area contributed by atoms with Crippen molar-refractivity contribution in [2.45, 2.75) is 53.1 Å². The van der Waals surface area contributed by atoms with Crippen LogP contribution in [0.4, 0.5) is 5.69 Å². The molecule has 0 saturated carbocycles. The van der Waals surface area contributed by atoms with Gasteiger partial charge in [-0.1, -0.05) is 46.2 Å². The van der Waals surface area contributed by atoms with E-state index in [2.05, 4.69) is 43.5 Å². The molecule has 2 N–H and O–H groups in total. The summed E-state index contributed by atoms with van der Waals surface area (Å²) in [5.41, 5.74) is 2.11. The summed E-state index contributed by atoms with van der Waals surface area (Å²) in [4.78, 5) is 11.9. The average Bonchev–Trinajstić information content (AvgIpc) is 2.38. The molecule has 0 aliphatic heterocycles. The van der Waals surface area contributed by atoms with Crippen LogP contribution >= 0.6 is 0 Å². The molecule has 0 heterocycles. The predicted octanol–water partition coefficient (Wildman–Crippen LogP) is 3.56. The maximum absolute atomic E-state index is 11.9. The maximum atomic E-state index is 11.9. The molecule has 0 aliphatic rings. The van der Waals surface area contributed by atoms with Gasteiger partial charge in [-0.15, -0.1) is 0 Å². The van der Waals surface area contributed by atoms with Gasteiger partial charge >= 0.3 is 0 Å². The van der Waals surface area contributed by atoms with Gasteiger partial charge in [0.1, 0.15) is 0 Å². The molecule has 0 aromatic heterocycles. The number of rotatable bonds is 7. The van der Waals surface area contributed by atoms with Gasteiger partial charge in [-0.05, 0) is 24.1 Å². The van der Waals surface area contributed by atoms with Crippen molar-refractivity contribution in [2.75, 3.05) is 5.32 Å². The standard InChI is InChI=1S/C16H26N2O/c1-5-6-13(4)16(19)18-15-9-7-14(8-10-15)11-17-12(2)3/h7-10,12-13,17H,5-6,11H2,1-4H3,(H,18,19). The molecule has 0 radical (unpaired) electrons. The Labute approximate surface area is 116 Å². The van der Waals surface area contributed by atoms with Crippen LogP contribution < -0.4 is 10.6 Å². The minimum atomic E-state index is 0.0762. The molecule has 1 rings (SSSR count). The minimum absolute atomic E-state index is 0.0762. The molecule has 3 heteroatoms. The van der Waals surface area contributed by atoms with E-state index in [1.807, 2.05) is 19.1 Å². The third-order valence-corrected chi connectivity index (χ3v) is 3.11. The molecule has 1 unspecified atom stereocenters. The molecule has 0 spiro atoms. The first kappa shape index (κ1) is 15.7. The molecular formula is C16H26N2O. The van der Waals surface area contributed by atoms with Crippen LogP contribution in [0.3, 0.4) is 0 Å². The molecule has 1 aromatic rings. The Hall–Kier alpha value is -1.35. The SMILES string of the molecule is CCCC(C)C(=O)Nc1ccc(CNC(C)C)cc1. The Kier molecular flexibility index (Phi) is 6.57. The lowest BCUT2D eigenvalue weighted by Crippen LogP contribution is -2.22. The number of amides is 1. The van der Waals surface area contributed by atoms with Gasteiger partial charge in [-0.2, -0.15) is 0 Å². The number of benzene rings is 1. The number of carbonyl (C=O) groups excluding carboxylic acids is 1. The van der Waals surface area contributed by atoms with Crippen molar-refractivity contribution in [3.63, 3.8) is 0 Å². The van der Waals surface area contributed by atoms with Gasteiger partial charge in [0.05, 0.1) is 0 Å². The predicted molar refractivity (Wildman–Crippen MR) is 81.1 cm³/mol. The zero-order valence-electron chi connectivity index (χ0n) is 12.5. The van der Waals surface area contributed by atoms with Crippen molar-refractivity contribution in [2.24, 2.45) is 5.92 Å². The van der Waals surface area contributed by atoms with Crippen molar-refractivity contribution in [1.82, 2.24) is 5.32 Å². The van der Waals surface area contributed by atoms with E-state index in [1.54, 1.807) is 0 Å². The molecule has 0 fully saturated rings. The zero-order chi connectivity index (χ0) is 14.3. The highest BCUT2D eigenvalue weighted by Gasteiger charge is 2.11. The van der Waals surface area contributed by atoms with Gasteiger partial charge in [0.2, 0.25) is 5.91 Å². The second kappa shape index (κ2) is 7.95. The number of nitrogens with one attached hydrogen (secondary N) is 2. The summed E-state index contributed by atoms with van der Waals surface area (Å²) in [7, 11) is 0. The first-order chi connectivity index (χ1) is 9.02. The summed E-state index contributed by atoms with van der Waals surface area (Å²) in [5.74, 6) is 0.183. The topological polar surface area (TPSA) is 41.1 Å². The highest BCUT2D eigenvalue weighted by Crippen LogP contribution is 2.13. The molecule has 19 heavy (non-hydrogen) atoms. The van der Waals surface area contributed by atoms with Gasteiger partial charge in [-0.25, -0.2) is 0 Å². The summed E-state index contributed by atoms with van der Waals surface area (Å²) in [6.45, 7) is 9.19. The Morgan fingerprint density at radius 2 is 1.79 bits per heavy atom. The van der Waals surface area contributed by atoms with E-state index in [1.165, 1.54) is 5.56 Å². The molecule has 1 atom stereocenters. The Morgan fingerprint density at radius 3 is 2.32 bits per heavy atom. The number of hydrogen-bond donors (Lipinski definition) is 2. The van der Waals surface area contributed by atoms with E-state index in [4.69, 9.17) is 0 Å². The van der Waals surface area contributed by atoms with Crippen LogP contribution in [0, 0.1) is 5.92 Å². The Morgan fingerprint density at radius 1 is 1.16 bits per heavy atom. The Bertz CT molecular complexity index is 384. The number of hydrogen-bond acceptors (Lipinski definition) is 2. The average molecular weight is 262 g/mol. The fraction of sp³-hybridized carbons (Fsp3) is 0.562. The third-order valence-electron chi connectivity index (χ3n) is 3.11. The van der Waals surface area contributed by atoms with Crippen LogP contribution in [0.1, 0.15) is 46.1 Å². The van der Waals surface area contributed by atoms with E-state index in [9.17, 15) is 4.79 Å². The monoisotopic (exact) mass is 262 g/mol. The van der Waals surface area contributed by atoms with Crippen molar-refractivity contribution in [3.8, 4) is 0 Å². The second-order valence-corrected chi connectivity index (χ2v) is 5.41. The van der Waals surface area contributed by atoms with E-state index in [0.717, 1.165) is 25.1 Å². The zero-order valence-corrected chi connectivity index (χ0v) is 12.5. The number of anilines is 1. The van der Waals surface area contributed by atoms with Gasteiger partial charge < -0.3 is 10.6 Å². The van der Waals surface area contributed by atoms with Crippen LogP contribution in [0.5, 0.6) is 0 Å². The maximum Gasteiger partial charge on any atom is 0.227 e. The van der Waals surface area contributed by atoms with Crippen LogP contribution in [0.25, 0.3) is 0 Å². The molecule has 0 saturated heterocycles. The molecular weight excluding hydrogens is 236 g/mol. The van der Waals surface area contributed by atoms with Gasteiger partial charge in [-0.3, -0.25) is 4.79 Å². The van der Waals surface area contributed by atoms with Crippen LogP contribution in [-0.2, 0) is 11.3 Å². The van der Waals surface area contributed by atoms with E-state index < -0.39 is 0 Å².